The minimum atomic E-state index is -0.00296. The third-order valence-corrected chi connectivity index (χ3v) is 3.99. The normalized spacial score (nSPS) is 10.8. The lowest BCUT2D eigenvalue weighted by molar-refractivity contribution is -0.121. The highest BCUT2D eigenvalue weighted by Crippen LogP contribution is 2.05. The maximum absolute atomic E-state index is 12.0. The molecule has 0 atom stereocenters. The highest BCUT2D eigenvalue weighted by molar-refractivity contribution is 5.75. The van der Waals surface area contributed by atoms with Crippen molar-refractivity contribution in [2.24, 2.45) is 0 Å². The van der Waals surface area contributed by atoms with Gasteiger partial charge in [0.25, 0.3) is 0 Å². The van der Waals surface area contributed by atoms with Gasteiger partial charge < -0.3 is 9.88 Å². The summed E-state index contributed by atoms with van der Waals surface area (Å²) in [5.74, 6) is -0.00296. The SMILES string of the molecule is CCn1nc(C)c(CNC(=O)CCCn2c(C)cc(=O)cc2C)n1. The van der Waals surface area contributed by atoms with E-state index >= 15 is 0 Å². The van der Waals surface area contributed by atoms with Gasteiger partial charge in [-0.05, 0) is 34.1 Å². The van der Waals surface area contributed by atoms with Crippen molar-refractivity contribution in [1.29, 1.82) is 0 Å². The van der Waals surface area contributed by atoms with Gasteiger partial charge in [-0.2, -0.15) is 15.0 Å². The summed E-state index contributed by atoms with van der Waals surface area (Å²) in [6.07, 6.45) is 1.16. The topological polar surface area (TPSA) is 81.8 Å². The smallest absolute Gasteiger partial charge is 0.220 e. The van der Waals surface area contributed by atoms with E-state index in [2.05, 4.69) is 20.1 Å². The molecular weight excluding hydrogens is 306 g/mol. The number of hydrogen-bond donors (Lipinski definition) is 1. The Hall–Kier alpha value is -2.44. The van der Waals surface area contributed by atoms with Crippen molar-refractivity contribution < 1.29 is 4.79 Å². The Morgan fingerprint density at radius 2 is 1.83 bits per heavy atom. The second kappa shape index (κ2) is 7.90. The fraction of sp³-hybridized carbons (Fsp3) is 0.529. The molecule has 0 spiro atoms. The van der Waals surface area contributed by atoms with Gasteiger partial charge in [0.1, 0.15) is 5.69 Å². The molecule has 1 N–H and O–H groups in total. The van der Waals surface area contributed by atoms with Crippen LogP contribution in [-0.4, -0.2) is 25.5 Å². The van der Waals surface area contributed by atoms with Gasteiger partial charge in [-0.3, -0.25) is 9.59 Å². The monoisotopic (exact) mass is 331 g/mol. The van der Waals surface area contributed by atoms with E-state index in [9.17, 15) is 9.59 Å². The van der Waals surface area contributed by atoms with Gasteiger partial charge in [0.05, 0.1) is 18.8 Å². The van der Waals surface area contributed by atoms with Crippen molar-refractivity contribution in [1.82, 2.24) is 24.9 Å². The molecule has 0 aliphatic carbocycles. The van der Waals surface area contributed by atoms with Crippen LogP contribution in [0.15, 0.2) is 16.9 Å². The van der Waals surface area contributed by atoms with Crippen LogP contribution in [0.4, 0.5) is 0 Å². The molecule has 2 aromatic rings. The molecule has 2 rings (SSSR count). The van der Waals surface area contributed by atoms with Crippen LogP contribution < -0.4 is 10.7 Å². The molecule has 0 radical (unpaired) electrons. The van der Waals surface area contributed by atoms with Gasteiger partial charge >= 0.3 is 0 Å². The third-order valence-electron chi connectivity index (χ3n) is 3.99. The van der Waals surface area contributed by atoms with Crippen LogP contribution in [0.2, 0.25) is 0 Å². The number of hydrogen-bond acceptors (Lipinski definition) is 4. The Bertz CT molecular complexity index is 750. The van der Waals surface area contributed by atoms with Crippen LogP contribution in [0.5, 0.6) is 0 Å². The summed E-state index contributed by atoms with van der Waals surface area (Å²) < 4.78 is 2.06. The summed E-state index contributed by atoms with van der Waals surface area (Å²) in [6, 6.07) is 3.24. The zero-order chi connectivity index (χ0) is 17.7. The van der Waals surface area contributed by atoms with E-state index in [1.807, 2.05) is 27.7 Å². The second-order valence-corrected chi connectivity index (χ2v) is 5.93. The van der Waals surface area contributed by atoms with E-state index in [1.165, 1.54) is 0 Å². The van der Waals surface area contributed by atoms with E-state index in [4.69, 9.17) is 0 Å². The molecule has 7 nitrogen and oxygen atoms in total. The molecule has 0 saturated heterocycles. The first-order chi connectivity index (χ1) is 11.4. The van der Waals surface area contributed by atoms with Gasteiger partial charge in [0.2, 0.25) is 5.91 Å². The molecular formula is C17H25N5O2. The predicted molar refractivity (Wildman–Crippen MR) is 91.7 cm³/mol. The zero-order valence-corrected chi connectivity index (χ0v) is 14.8. The highest BCUT2D eigenvalue weighted by Gasteiger charge is 2.09. The van der Waals surface area contributed by atoms with Crippen molar-refractivity contribution in [2.75, 3.05) is 0 Å². The maximum atomic E-state index is 12.0. The number of nitrogens with one attached hydrogen (secondary N) is 1. The second-order valence-electron chi connectivity index (χ2n) is 5.93. The largest absolute Gasteiger partial charge is 0.350 e. The molecule has 1 amide bonds. The minimum absolute atomic E-state index is 0.00296. The van der Waals surface area contributed by atoms with Crippen LogP contribution in [0.25, 0.3) is 0 Å². The first kappa shape index (κ1) is 17.9. The van der Waals surface area contributed by atoms with E-state index in [-0.39, 0.29) is 11.3 Å². The molecule has 2 aromatic heterocycles. The van der Waals surface area contributed by atoms with Crippen LogP contribution in [0.1, 0.15) is 42.5 Å². The summed E-state index contributed by atoms with van der Waals surface area (Å²) in [5, 5.41) is 11.5. The van der Waals surface area contributed by atoms with Crippen molar-refractivity contribution in [3.05, 3.63) is 45.1 Å². The van der Waals surface area contributed by atoms with Crippen molar-refractivity contribution in [2.45, 2.75) is 60.2 Å². The van der Waals surface area contributed by atoms with Crippen LogP contribution in [0.3, 0.4) is 0 Å². The number of carbonyl (C=O) groups excluding carboxylic acids is 1. The number of rotatable bonds is 7. The average Bonchev–Trinajstić information content (AvgIpc) is 2.88. The lowest BCUT2D eigenvalue weighted by Crippen LogP contribution is -2.24. The average molecular weight is 331 g/mol. The number of aryl methyl sites for hydroxylation is 4. The molecule has 2 heterocycles. The lowest BCUT2D eigenvalue weighted by Gasteiger charge is -2.13. The lowest BCUT2D eigenvalue weighted by atomic mass is 10.2. The van der Waals surface area contributed by atoms with Gasteiger partial charge in [-0.15, -0.1) is 0 Å². The Kier molecular flexibility index (Phi) is 5.89. The van der Waals surface area contributed by atoms with Gasteiger partial charge in [0, 0.05) is 36.5 Å². The molecule has 130 valence electrons. The van der Waals surface area contributed by atoms with Crippen LogP contribution in [-0.2, 0) is 24.4 Å². The zero-order valence-electron chi connectivity index (χ0n) is 14.8. The molecule has 7 heteroatoms. The molecule has 0 aromatic carbocycles. The van der Waals surface area contributed by atoms with E-state index in [0.29, 0.717) is 19.5 Å². The van der Waals surface area contributed by atoms with Crippen molar-refractivity contribution in [3.8, 4) is 0 Å². The van der Waals surface area contributed by atoms with E-state index < -0.39 is 0 Å². The maximum Gasteiger partial charge on any atom is 0.220 e. The fourth-order valence-corrected chi connectivity index (χ4v) is 2.68. The van der Waals surface area contributed by atoms with Gasteiger partial charge in [0.15, 0.2) is 5.43 Å². The Balaban J connectivity index is 1.81. The quantitative estimate of drug-likeness (QED) is 0.833. The fourth-order valence-electron chi connectivity index (χ4n) is 2.68. The summed E-state index contributed by atoms with van der Waals surface area (Å²) >= 11 is 0. The summed E-state index contributed by atoms with van der Waals surface area (Å²) in [4.78, 5) is 25.0. The number of aromatic nitrogens is 4. The van der Waals surface area contributed by atoms with Gasteiger partial charge in [-0.1, -0.05) is 0 Å². The minimum Gasteiger partial charge on any atom is -0.350 e. The Morgan fingerprint density at radius 1 is 1.17 bits per heavy atom. The number of amides is 1. The number of nitrogens with zero attached hydrogens (tertiary/aromatic N) is 4. The molecule has 0 bridgehead atoms. The molecule has 0 fully saturated rings. The van der Waals surface area contributed by atoms with E-state index in [0.717, 1.165) is 35.7 Å². The molecule has 24 heavy (non-hydrogen) atoms. The molecule has 0 saturated carbocycles. The van der Waals surface area contributed by atoms with Gasteiger partial charge in [-0.25, -0.2) is 0 Å². The predicted octanol–water partition coefficient (Wildman–Crippen LogP) is 1.48. The summed E-state index contributed by atoms with van der Waals surface area (Å²) in [7, 11) is 0. The number of carbonyl (C=O) groups is 1. The summed E-state index contributed by atoms with van der Waals surface area (Å²) in [5.41, 5.74) is 3.52. The first-order valence-corrected chi connectivity index (χ1v) is 8.26. The molecule has 0 aliphatic heterocycles. The number of pyridine rings is 1. The Morgan fingerprint density at radius 3 is 2.42 bits per heavy atom. The van der Waals surface area contributed by atoms with E-state index in [1.54, 1.807) is 16.9 Å². The van der Waals surface area contributed by atoms with Crippen molar-refractivity contribution in [3.63, 3.8) is 0 Å². The summed E-state index contributed by atoms with van der Waals surface area (Å²) in [6.45, 7) is 9.53. The Labute approximate surface area is 141 Å². The van der Waals surface area contributed by atoms with Crippen LogP contribution >= 0.6 is 0 Å². The van der Waals surface area contributed by atoms with Crippen LogP contribution in [0, 0.1) is 20.8 Å². The third kappa shape index (κ3) is 4.53. The highest BCUT2D eigenvalue weighted by atomic mass is 16.1. The van der Waals surface area contributed by atoms with Crippen molar-refractivity contribution >= 4 is 5.91 Å². The first-order valence-electron chi connectivity index (χ1n) is 8.26. The standard InChI is InChI=1S/C17H25N5O2/c1-5-22-19-14(4)16(20-22)11-18-17(24)7-6-8-21-12(2)9-15(23)10-13(21)3/h9-10H,5-8,11H2,1-4H3,(H,18,24). The molecule has 0 unspecified atom stereocenters. The molecule has 0 aliphatic rings.